The molecule has 0 saturated heterocycles. The number of hydrogen-bond acceptors (Lipinski definition) is 2. The van der Waals surface area contributed by atoms with Gasteiger partial charge in [0.2, 0.25) is 0 Å². The summed E-state index contributed by atoms with van der Waals surface area (Å²) in [6, 6.07) is 17.7. The molecule has 3 rings (SSSR count). The molecule has 0 unspecified atom stereocenters. The third-order valence-electron chi connectivity index (χ3n) is 4.01. The third-order valence-corrected chi connectivity index (χ3v) is 4.01. The second-order valence-corrected chi connectivity index (χ2v) is 5.40. The molecule has 0 saturated carbocycles. The minimum atomic E-state index is 0.974. The molecule has 2 aromatic rings. The molecule has 20 heavy (non-hydrogen) atoms. The summed E-state index contributed by atoms with van der Waals surface area (Å²) < 4.78 is 0. The first kappa shape index (κ1) is 13.2. The van der Waals surface area contributed by atoms with Crippen LogP contribution in [0.2, 0.25) is 0 Å². The number of nitrogens with zero attached hydrogens (tertiary/aromatic N) is 1. The maximum atomic E-state index is 3.50. The number of para-hydroxylation sites is 1. The largest absolute Gasteiger partial charge is 0.366 e. The van der Waals surface area contributed by atoms with Crippen molar-refractivity contribution < 1.29 is 0 Å². The second kappa shape index (κ2) is 6.10. The molecule has 0 amide bonds. The van der Waals surface area contributed by atoms with E-state index in [-0.39, 0.29) is 0 Å². The predicted molar refractivity (Wildman–Crippen MR) is 85.0 cm³/mol. The molecule has 0 aliphatic carbocycles. The van der Waals surface area contributed by atoms with Gasteiger partial charge in [0.25, 0.3) is 0 Å². The van der Waals surface area contributed by atoms with Crippen LogP contribution >= 0.6 is 0 Å². The van der Waals surface area contributed by atoms with E-state index >= 15 is 0 Å². The van der Waals surface area contributed by atoms with Crippen LogP contribution in [-0.4, -0.2) is 13.1 Å². The molecule has 1 aliphatic rings. The van der Waals surface area contributed by atoms with Gasteiger partial charge in [0, 0.05) is 31.9 Å². The number of benzene rings is 2. The number of rotatable bonds is 3. The summed E-state index contributed by atoms with van der Waals surface area (Å²) in [6.45, 7) is 6.27. The van der Waals surface area contributed by atoms with E-state index in [4.69, 9.17) is 0 Å². The number of aryl methyl sites for hydroxylation is 1. The highest BCUT2D eigenvalue weighted by molar-refractivity contribution is 5.54. The van der Waals surface area contributed by atoms with Crippen molar-refractivity contribution in [2.45, 2.75) is 26.4 Å². The molecular weight excluding hydrogens is 244 g/mol. The highest BCUT2D eigenvalue weighted by Gasteiger charge is 2.14. The van der Waals surface area contributed by atoms with Crippen molar-refractivity contribution in [2.24, 2.45) is 0 Å². The molecule has 0 radical (unpaired) electrons. The van der Waals surface area contributed by atoms with Gasteiger partial charge in [-0.2, -0.15) is 0 Å². The van der Waals surface area contributed by atoms with Crippen LogP contribution in [0.1, 0.15) is 23.6 Å². The van der Waals surface area contributed by atoms with Crippen LogP contribution in [0.4, 0.5) is 5.69 Å². The molecule has 1 heterocycles. The highest BCUT2D eigenvalue weighted by atomic mass is 15.2. The first-order chi connectivity index (χ1) is 9.86. The van der Waals surface area contributed by atoms with Gasteiger partial charge in [-0.3, -0.25) is 0 Å². The zero-order valence-corrected chi connectivity index (χ0v) is 12.1. The summed E-state index contributed by atoms with van der Waals surface area (Å²) in [7, 11) is 0. The van der Waals surface area contributed by atoms with Crippen LogP contribution in [0.15, 0.2) is 48.5 Å². The van der Waals surface area contributed by atoms with E-state index in [2.05, 4.69) is 65.7 Å². The average Bonchev–Trinajstić information content (AvgIpc) is 2.71. The minimum Gasteiger partial charge on any atom is -0.366 e. The van der Waals surface area contributed by atoms with Gasteiger partial charge in [-0.1, -0.05) is 49.4 Å². The lowest BCUT2D eigenvalue weighted by Crippen LogP contribution is -2.28. The van der Waals surface area contributed by atoms with Crippen molar-refractivity contribution >= 4 is 5.69 Å². The maximum Gasteiger partial charge on any atom is 0.0430 e. The predicted octanol–water partition coefficient (Wildman–Crippen LogP) is 3.36. The van der Waals surface area contributed by atoms with Gasteiger partial charge in [-0.25, -0.2) is 0 Å². The van der Waals surface area contributed by atoms with E-state index in [9.17, 15) is 0 Å². The fourth-order valence-electron chi connectivity index (χ4n) is 2.79. The van der Waals surface area contributed by atoms with Crippen LogP contribution in [0.3, 0.4) is 0 Å². The van der Waals surface area contributed by atoms with Crippen LogP contribution < -0.4 is 10.2 Å². The SMILES string of the molecule is CCc1ccc(CN2CCNCc3ccccc32)cc1. The summed E-state index contributed by atoms with van der Waals surface area (Å²) >= 11 is 0. The topological polar surface area (TPSA) is 15.3 Å². The molecular formula is C18H22N2. The lowest BCUT2D eigenvalue weighted by Gasteiger charge is -2.24. The van der Waals surface area contributed by atoms with Gasteiger partial charge in [-0.05, 0) is 29.2 Å². The zero-order chi connectivity index (χ0) is 13.8. The summed E-state index contributed by atoms with van der Waals surface area (Å²) in [6.07, 6.45) is 1.11. The lowest BCUT2D eigenvalue weighted by molar-refractivity contribution is 0.688. The average molecular weight is 266 g/mol. The minimum absolute atomic E-state index is 0.974. The van der Waals surface area contributed by atoms with E-state index < -0.39 is 0 Å². The van der Waals surface area contributed by atoms with E-state index in [0.717, 1.165) is 32.6 Å². The molecule has 1 aliphatic heterocycles. The van der Waals surface area contributed by atoms with Crippen molar-refractivity contribution in [1.29, 1.82) is 0 Å². The van der Waals surface area contributed by atoms with Crippen molar-refractivity contribution in [2.75, 3.05) is 18.0 Å². The van der Waals surface area contributed by atoms with E-state index in [1.165, 1.54) is 22.4 Å². The Hall–Kier alpha value is -1.80. The lowest BCUT2D eigenvalue weighted by atomic mass is 10.1. The van der Waals surface area contributed by atoms with Crippen molar-refractivity contribution in [1.82, 2.24) is 5.32 Å². The second-order valence-electron chi connectivity index (χ2n) is 5.40. The van der Waals surface area contributed by atoms with Crippen molar-refractivity contribution in [3.63, 3.8) is 0 Å². The monoisotopic (exact) mass is 266 g/mol. The summed E-state index contributed by atoms with van der Waals surface area (Å²) in [5.74, 6) is 0. The smallest absolute Gasteiger partial charge is 0.0430 e. The normalized spacial score (nSPS) is 14.8. The maximum absolute atomic E-state index is 3.50. The molecule has 2 nitrogen and oxygen atoms in total. The Morgan fingerprint density at radius 2 is 1.75 bits per heavy atom. The van der Waals surface area contributed by atoms with Gasteiger partial charge in [0.05, 0.1) is 0 Å². The molecule has 0 aromatic heterocycles. The molecule has 0 atom stereocenters. The standard InChI is InChI=1S/C18H22N2/c1-2-15-7-9-16(10-8-15)14-20-12-11-19-13-17-5-3-4-6-18(17)20/h3-10,19H,2,11-14H2,1H3. The van der Waals surface area contributed by atoms with Gasteiger partial charge < -0.3 is 10.2 Å². The molecule has 0 fully saturated rings. The summed E-state index contributed by atoms with van der Waals surface area (Å²) in [5, 5.41) is 3.50. The Bertz CT molecular complexity index is 560. The number of fused-ring (bicyclic) bond motifs is 1. The summed E-state index contributed by atoms with van der Waals surface area (Å²) in [5.41, 5.74) is 5.57. The van der Waals surface area contributed by atoms with Gasteiger partial charge >= 0.3 is 0 Å². The molecule has 104 valence electrons. The molecule has 0 spiro atoms. The Labute approximate surface area is 121 Å². The van der Waals surface area contributed by atoms with Crippen LogP contribution in [0, 0.1) is 0 Å². The van der Waals surface area contributed by atoms with E-state index in [1.807, 2.05) is 0 Å². The first-order valence-electron chi connectivity index (χ1n) is 7.48. The molecule has 1 N–H and O–H groups in total. The van der Waals surface area contributed by atoms with Crippen LogP contribution in [0.5, 0.6) is 0 Å². The van der Waals surface area contributed by atoms with Crippen molar-refractivity contribution in [3.8, 4) is 0 Å². The first-order valence-corrected chi connectivity index (χ1v) is 7.48. The van der Waals surface area contributed by atoms with Crippen LogP contribution in [0.25, 0.3) is 0 Å². The van der Waals surface area contributed by atoms with Crippen LogP contribution in [-0.2, 0) is 19.5 Å². The zero-order valence-electron chi connectivity index (χ0n) is 12.1. The van der Waals surface area contributed by atoms with Gasteiger partial charge in [0.1, 0.15) is 0 Å². The Morgan fingerprint density at radius 3 is 2.55 bits per heavy atom. The van der Waals surface area contributed by atoms with Crippen molar-refractivity contribution in [3.05, 3.63) is 65.2 Å². The Morgan fingerprint density at radius 1 is 1.00 bits per heavy atom. The third kappa shape index (κ3) is 2.86. The molecule has 0 bridgehead atoms. The molecule has 2 aromatic carbocycles. The fraction of sp³-hybridized carbons (Fsp3) is 0.333. The Balaban J connectivity index is 1.82. The highest BCUT2D eigenvalue weighted by Crippen LogP contribution is 2.23. The fourth-order valence-corrected chi connectivity index (χ4v) is 2.79. The molecule has 2 heteroatoms. The Kier molecular flexibility index (Phi) is 4.03. The van der Waals surface area contributed by atoms with Gasteiger partial charge in [-0.15, -0.1) is 0 Å². The summed E-state index contributed by atoms with van der Waals surface area (Å²) in [4.78, 5) is 2.48. The number of anilines is 1. The quantitative estimate of drug-likeness (QED) is 0.916. The number of nitrogens with one attached hydrogen (secondary N) is 1. The van der Waals surface area contributed by atoms with Gasteiger partial charge in [0.15, 0.2) is 0 Å². The number of hydrogen-bond donors (Lipinski definition) is 1. The van der Waals surface area contributed by atoms with E-state index in [1.54, 1.807) is 0 Å². The van der Waals surface area contributed by atoms with E-state index in [0.29, 0.717) is 0 Å².